The van der Waals surface area contributed by atoms with Crippen molar-refractivity contribution in [2.45, 2.75) is 19.4 Å². The van der Waals surface area contributed by atoms with E-state index in [4.69, 9.17) is 4.74 Å². The maximum Gasteiger partial charge on any atom is 0.257 e. The molecule has 1 fully saturated rings. The largest absolute Gasteiger partial charge is 0.504 e. The van der Waals surface area contributed by atoms with Crippen molar-refractivity contribution in [2.24, 2.45) is 5.92 Å². The third-order valence-electron chi connectivity index (χ3n) is 3.64. The number of phenolic OH excluding ortho intramolecular Hbond substituents is 1. The number of hydrogen-bond acceptors (Lipinski definition) is 4. The molecule has 1 aliphatic rings. The van der Waals surface area contributed by atoms with E-state index in [-0.39, 0.29) is 28.9 Å². The van der Waals surface area contributed by atoms with Gasteiger partial charge in [-0.05, 0) is 25.5 Å². The van der Waals surface area contributed by atoms with Crippen molar-refractivity contribution in [3.8, 4) is 11.5 Å². The van der Waals surface area contributed by atoms with Crippen LogP contribution in [0.2, 0.25) is 0 Å². The summed E-state index contributed by atoms with van der Waals surface area (Å²) in [5, 5.41) is 19.5. The van der Waals surface area contributed by atoms with E-state index in [1.165, 1.54) is 7.11 Å². The lowest BCUT2D eigenvalue weighted by atomic mass is 10.0. The van der Waals surface area contributed by atoms with Crippen molar-refractivity contribution in [3.05, 3.63) is 23.8 Å². The molecule has 1 aliphatic heterocycles. The van der Waals surface area contributed by atoms with Gasteiger partial charge in [-0.1, -0.05) is 6.07 Å². The van der Waals surface area contributed by atoms with Crippen LogP contribution in [0.5, 0.6) is 11.5 Å². The van der Waals surface area contributed by atoms with E-state index in [1.54, 1.807) is 30.0 Å². The molecule has 2 unspecified atom stereocenters. The first-order valence-electron chi connectivity index (χ1n) is 6.38. The van der Waals surface area contributed by atoms with Crippen LogP contribution >= 0.6 is 0 Å². The number of aromatic hydroxyl groups is 1. The average Bonchev–Trinajstić information content (AvgIpc) is 2.88. The maximum atomic E-state index is 12.3. The number of nitrogens with zero attached hydrogens (tertiary/aromatic N) is 1. The molecule has 1 saturated heterocycles. The maximum absolute atomic E-state index is 12.3. The monoisotopic (exact) mass is 265 g/mol. The molecule has 2 atom stereocenters. The number of phenols is 1. The zero-order valence-corrected chi connectivity index (χ0v) is 11.2. The highest BCUT2D eigenvalue weighted by atomic mass is 16.5. The Kier molecular flexibility index (Phi) is 3.95. The number of likely N-dealkylation sites (tertiary alicyclic amines) is 1. The fourth-order valence-corrected chi connectivity index (χ4v) is 2.40. The van der Waals surface area contributed by atoms with E-state index in [9.17, 15) is 15.0 Å². The van der Waals surface area contributed by atoms with Crippen LogP contribution in [-0.4, -0.2) is 47.3 Å². The molecule has 0 saturated carbocycles. The quantitative estimate of drug-likeness (QED) is 0.862. The van der Waals surface area contributed by atoms with E-state index in [0.717, 1.165) is 6.42 Å². The molecule has 5 nitrogen and oxygen atoms in total. The minimum atomic E-state index is -0.420. The number of carbonyl (C=O) groups is 1. The molecular weight excluding hydrogens is 246 g/mol. The highest BCUT2D eigenvalue weighted by Gasteiger charge is 2.30. The van der Waals surface area contributed by atoms with Crippen molar-refractivity contribution in [1.82, 2.24) is 4.90 Å². The number of rotatable bonds is 3. The number of aliphatic hydroxyl groups is 1. The van der Waals surface area contributed by atoms with Gasteiger partial charge in [0, 0.05) is 19.0 Å². The van der Waals surface area contributed by atoms with Crippen molar-refractivity contribution in [3.63, 3.8) is 0 Å². The Labute approximate surface area is 112 Å². The summed E-state index contributed by atoms with van der Waals surface area (Å²) in [5.74, 6) is 0.0453. The van der Waals surface area contributed by atoms with Crippen LogP contribution in [0.3, 0.4) is 0 Å². The van der Waals surface area contributed by atoms with Gasteiger partial charge in [0.1, 0.15) is 0 Å². The van der Waals surface area contributed by atoms with Gasteiger partial charge in [-0.25, -0.2) is 0 Å². The first kappa shape index (κ1) is 13.7. The molecule has 19 heavy (non-hydrogen) atoms. The standard InChI is InChI=1S/C14H19NO4/c1-9(16)10-6-7-15(8-10)14(18)11-4-3-5-12(19-2)13(11)17/h3-5,9-10,16-17H,6-8H2,1-2H3. The molecule has 104 valence electrons. The van der Waals surface area contributed by atoms with Crippen molar-refractivity contribution >= 4 is 5.91 Å². The van der Waals surface area contributed by atoms with Gasteiger partial charge < -0.3 is 19.8 Å². The van der Waals surface area contributed by atoms with Crippen LogP contribution in [0.1, 0.15) is 23.7 Å². The van der Waals surface area contributed by atoms with Gasteiger partial charge in [-0.2, -0.15) is 0 Å². The number of para-hydroxylation sites is 1. The smallest absolute Gasteiger partial charge is 0.257 e. The number of amides is 1. The van der Waals surface area contributed by atoms with Gasteiger partial charge in [0.25, 0.3) is 5.91 Å². The second-order valence-electron chi connectivity index (χ2n) is 4.90. The normalized spacial score (nSPS) is 20.4. The summed E-state index contributed by atoms with van der Waals surface area (Å²) in [5.41, 5.74) is 0.241. The first-order valence-corrected chi connectivity index (χ1v) is 6.38. The van der Waals surface area contributed by atoms with Crippen molar-refractivity contribution in [2.75, 3.05) is 20.2 Å². The third-order valence-corrected chi connectivity index (χ3v) is 3.64. The van der Waals surface area contributed by atoms with E-state index in [1.807, 2.05) is 0 Å². The number of hydrogen-bond donors (Lipinski definition) is 2. The van der Waals surface area contributed by atoms with Crippen LogP contribution in [0.25, 0.3) is 0 Å². The predicted octanol–water partition coefficient (Wildman–Crippen LogP) is 1.24. The molecule has 0 spiro atoms. The minimum Gasteiger partial charge on any atom is -0.504 e. The van der Waals surface area contributed by atoms with Crippen LogP contribution in [0.15, 0.2) is 18.2 Å². The number of ether oxygens (including phenoxy) is 1. The Balaban J connectivity index is 2.17. The molecule has 1 amide bonds. The summed E-state index contributed by atoms with van der Waals surface area (Å²) in [6, 6.07) is 4.86. The molecule has 1 heterocycles. The number of aliphatic hydroxyl groups excluding tert-OH is 1. The zero-order valence-electron chi connectivity index (χ0n) is 11.2. The molecule has 5 heteroatoms. The van der Waals surface area contributed by atoms with Crippen molar-refractivity contribution < 1.29 is 19.7 Å². The Bertz CT molecular complexity index is 473. The molecule has 0 bridgehead atoms. The van der Waals surface area contributed by atoms with E-state index < -0.39 is 6.10 Å². The molecule has 2 rings (SSSR count). The lowest BCUT2D eigenvalue weighted by molar-refractivity contribution is 0.0759. The van der Waals surface area contributed by atoms with Gasteiger partial charge >= 0.3 is 0 Å². The predicted molar refractivity (Wildman–Crippen MR) is 70.4 cm³/mol. The van der Waals surface area contributed by atoms with Crippen LogP contribution in [0, 0.1) is 5.92 Å². The van der Waals surface area contributed by atoms with Crippen LogP contribution < -0.4 is 4.74 Å². The van der Waals surface area contributed by atoms with Gasteiger partial charge in [-0.3, -0.25) is 4.79 Å². The number of benzene rings is 1. The fraction of sp³-hybridized carbons (Fsp3) is 0.500. The third kappa shape index (κ3) is 2.66. The topological polar surface area (TPSA) is 70.0 Å². The summed E-state index contributed by atoms with van der Waals surface area (Å²) >= 11 is 0. The molecule has 2 N–H and O–H groups in total. The Morgan fingerprint density at radius 1 is 1.53 bits per heavy atom. The second kappa shape index (κ2) is 5.48. The lowest BCUT2D eigenvalue weighted by Crippen LogP contribution is -2.30. The Morgan fingerprint density at radius 2 is 2.26 bits per heavy atom. The summed E-state index contributed by atoms with van der Waals surface area (Å²) in [6.45, 7) is 2.86. The highest BCUT2D eigenvalue weighted by molar-refractivity contribution is 5.97. The number of methoxy groups -OCH3 is 1. The molecule has 1 aromatic rings. The minimum absolute atomic E-state index is 0.108. The fourth-order valence-electron chi connectivity index (χ4n) is 2.40. The van der Waals surface area contributed by atoms with Crippen molar-refractivity contribution in [1.29, 1.82) is 0 Å². The molecular formula is C14H19NO4. The zero-order chi connectivity index (χ0) is 14.0. The summed E-state index contributed by atoms with van der Waals surface area (Å²) in [7, 11) is 1.45. The van der Waals surface area contributed by atoms with E-state index in [2.05, 4.69) is 0 Å². The van der Waals surface area contributed by atoms with Crippen LogP contribution in [0.4, 0.5) is 0 Å². The van der Waals surface area contributed by atoms with Gasteiger partial charge in [-0.15, -0.1) is 0 Å². The SMILES string of the molecule is COc1cccc(C(=O)N2CCC(C(C)O)C2)c1O. The summed E-state index contributed by atoms with van der Waals surface area (Å²) in [4.78, 5) is 14.0. The molecule has 0 aliphatic carbocycles. The lowest BCUT2D eigenvalue weighted by Gasteiger charge is -2.18. The Hall–Kier alpha value is -1.75. The van der Waals surface area contributed by atoms with Gasteiger partial charge in [0.2, 0.25) is 0 Å². The second-order valence-corrected chi connectivity index (χ2v) is 4.90. The summed E-state index contributed by atoms with van der Waals surface area (Å²) < 4.78 is 5.00. The molecule has 0 radical (unpaired) electrons. The molecule has 0 aromatic heterocycles. The van der Waals surface area contributed by atoms with E-state index in [0.29, 0.717) is 13.1 Å². The highest BCUT2D eigenvalue weighted by Crippen LogP contribution is 2.31. The van der Waals surface area contributed by atoms with E-state index >= 15 is 0 Å². The number of carbonyl (C=O) groups excluding carboxylic acids is 1. The first-order chi connectivity index (χ1) is 9.04. The van der Waals surface area contributed by atoms with Gasteiger partial charge in [0.05, 0.1) is 18.8 Å². The molecule has 1 aromatic carbocycles. The average molecular weight is 265 g/mol. The Morgan fingerprint density at radius 3 is 2.84 bits per heavy atom. The van der Waals surface area contributed by atoms with Crippen LogP contribution in [-0.2, 0) is 0 Å². The van der Waals surface area contributed by atoms with Gasteiger partial charge in [0.15, 0.2) is 11.5 Å². The summed E-state index contributed by atoms with van der Waals surface area (Å²) in [6.07, 6.45) is 0.366.